The van der Waals surface area contributed by atoms with Crippen LogP contribution < -0.4 is 14.3 Å². The summed E-state index contributed by atoms with van der Waals surface area (Å²) in [5.41, 5.74) is 1.30. The predicted octanol–water partition coefficient (Wildman–Crippen LogP) is 4.68. The van der Waals surface area contributed by atoms with Gasteiger partial charge in [0.25, 0.3) is 20.0 Å². The Morgan fingerprint density at radius 2 is 1.47 bits per heavy atom. The summed E-state index contributed by atoms with van der Waals surface area (Å²) in [5, 5.41) is 2.77. The van der Waals surface area contributed by atoms with Crippen LogP contribution in [0.3, 0.4) is 0 Å². The van der Waals surface area contributed by atoms with E-state index in [1.165, 1.54) is 60.8 Å². The molecule has 12 heteroatoms. The van der Waals surface area contributed by atoms with Crippen molar-refractivity contribution < 1.29 is 21.6 Å². The number of halogens is 1. The molecule has 4 rings (SSSR count). The molecule has 0 atom stereocenters. The van der Waals surface area contributed by atoms with Gasteiger partial charge in [0.2, 0.25) is 5.91 Å². The highest BCUT2D eigenvalue weighted by Gasteiger charge is 2.28. The van der Waals surface area contributed by atoms with Gasteiger partial charge in [-0.3, -0.25) is 13.8 Å². The van der Waals surface area contributed by atoms with Crippen molar-refractivity contribution >= 4 is 54.7 Å². The van der Waals surface area contributed by atoms with Gasteiger partial charge in [-0.15, -0.1) is 0 Å². The summed E-state index contributed by atoms with van der Waals surface area (Å²) >= 11 is 6.29. The van der Waals surface area contributed by atoms with Crippen molar-refractivity contribution in [1.82, 2.24) is 4.98 Å². The quantitative estimate of drug-likeness (QED) is 0.301. The Labute approximate surface area is 226 Å². The Kier molecular flexibility index (Phi) is 8.00. The lowest BCUT2D eigenvalue weighted by Crippen LogP contribution is -2.38. The second-order valence-electron chi connectivity index (χ2n) is 8.17. The van der Waals surface area contributed by atoms with Crippen LogP contribution in [0.5, 0.6) is 0 Å². The van der Waals surface area contributed by atoms with E-state index in [1.54, 1.807) is 36.4 Å². The van der Waals surface area contributed by atoms with Gasteiger partial charge in [0.15, 0.2) is 0 Å². The van der Waals surface area contributed by atoms with Crippen LogP contribution in [0.1, 0.15) is 5.56 Å². The van der Waals surface area contributed by atoms with Crippen molar-refractivity contribution in [3.63, 3.8) is 0 Å². The van der Waals surface area contributed by atoms with E-state index in [0.29, 0.717) is 0 Å². The summed E-state index contributed by atoms with van der Waals surface area (Å²) in [5.74, 6) is -0.484. The van der Waals surface area contributed by atoms with Crippen LogP contribution in [0.2, 0.25) is 5.02 Å². The number of nitrogens with zero attached hydrogens (tertiary/aromatic N) is 2. The maximum Gasteiger partial charge on any atom is 0.264 e. The third-order valence-corrected chi connectivity index (χ3v) is 8.83. The summed E-state index contributed by atoms with van der Waals surface area (Å²) in [6, 6.07) is 22.8. The van der Waals surface area contributed by atoms with Gasteiger partial charge in [-0.05, 0) is 67.6 Å². The minimum absolute atomic E-state index is 0.00536. The summed E-state index contributed by atoms with van der Waals surface area (Å²) < 4.78 is 55.5. The predicted molar refractivity (Wildman–Crippen MR) is 147 cm³/mol. The van der Waals surface area contributed by atoms with Gasteiger partial charge < -0.3 is 5.32 Å². The molecule has 0 fully saturated rings. The van der Waals surface area contributed by atoms with E-state index < -0.39 is 32.5 Å². The van der Waals surface area contributed by atoms with Gasteiger partial charge in [0.05, 0.1) is 20.5 Å². The number of carbonyl (C=O) groups is 1. The van der Waals surface area contributed by atoms with E-state index >= 15 is 0 Å². The first kappa shape index (κ1) is 27.1. The molecule has 0 spiro atoms. The van der Waals surface area contributed by atoms with Gasteiger partial charge in [-0.2, -0.15) is 0 Å². The molecule has 3 aromatic carbocycles. The molecule has 0 aliphatic carbocycles. The second-order valence-corrected chi connectivity index (χ2v) is 12.1. The normalized spacial score (nSPS) is 11.5. The lowest BCUT2D eigenvalue weighted by molar-refractivity contribution is -0.114. The first-order chi connectivity index (χ1) is 18.1. The van der Waals surface area contributed by atoms with Gasteiger partial charge in [-0.1, -0.05) is 47.5 Å². The fourth-order valence-corrected chi connectivity index (χ4v) is 6.20. The molecule has 0 saturated carbocycles. The summed E-state index contributed by atoms with van der Waals surface area (Å²) in [7, 11) is -8.04. The molecule has 38 heavy (non-hydrogen) atoms. The van der Waals surface area contributed by atoms with E-state index in [9.17, 15) is 21.6 Å². The summed E-state index contributed by atoms with van der Waals surface area (Å²) in [6.45, 7) is 1.27. The number of rotatable bonds is 9. The molecule has 0 bridgehead atoms. The Morgan fingerprint density at radius 1 is 0.842 bits per heavy atom. The molecule has 1 heterocycles. The van der Waals surface area contributed by atoms with Crippen LogP contribution in [0.4, 0.5) is 17.2 Å². The smallest absolute Gasteiger partial charge is 0.264 e. The van der Waals surface area contributed by atoms with Crippen LogP contribution in [0, 0.1) is 6.92 Å². The standard InChI is InChI=1S/C26H23ClN4O5S2/c1-19-9-13-22(14-10-19)38(35,36)31(24-7-3-2-6-23(24)27)18-26(32)29-20-11-15-21(16-12-20)37(33,34)30-25-8-4-5-17-28-25/h2-17H,18H2,1H3,(H,28,30)(H,29,32). The number of benzene rings is 3. The molecular weight excluding hydrogens is 548 g/mol. The van der Waals surface area contributed by atoms with Crippen LogP contribution in [0.25, 0.3) is 0 Å². The number of anilines is 3. The average Bonchev–Trinajstić information content (AvgIpc) is 2.89. The molecule has 0 saturated heterocycles. The van der Waals surface area contributed by atoms with Crippen molar-refractivity contribution in [2.24, 2.45) is 0 Å². The van der Waals surface area contributed by atoms with Gasteiger partial charge in [0.1, 0.15) is 12.4 Å². The third-order valence-electron chi connectivity index (χ3n) is 5.37. The lowest BCUT2D eigenvalue weighted by Gasteiger charge is -2.25. The zero-order chi connectivity index (χ0) is 27.3. The number of pyridine rings is 1. The van der Waals surface area contributed by atoms with Crippen LogP contribution in [0.15, 0.2) is 107 Å². The number of amides is 1. The van der Waals surface area contributed by atoms with E-state index in [-0.39, 0.29) is 32.0 Å². The van der Waals surface area contributed by atoms with E-state index in [2.05, 4.69) is 15.0 Å². The van der Waals surface area contributed by atoms with Crippen LogP contribution in [-0.2, 0) is 24.8 Å². The average molecular weight is 571 g/mol. The topological polar surface area (TPSA) is 126 Å². The minimum atomic E-state index is -4.14. The number of sulfonamides is 2. The highest BCUT2D eigenvalue weighted by Crippen LogP contribution is 2.30. The Hall–Kier alpha value is -3.93. The van der Waals surface area contributed by atoms with Crippen molar-refractivity contribution in [2.75, 3.05) is 20.9 Å². The fraction of sp³-hybridized carbons (Fsp3) is 0.0769. The fourth-order valence-electron chi connectivity index (χ4n) is 3.46. The number of aryl methyl sites for hydroxylation is 1. The number of aromatic nitrogens is 1. The third kappa shape index (κ3) is 6.31. The number of carbonyl (C=O) groups excluding carboxylic acids is 1. The van der Waals surface area contributed by atoms with E-state index in [1.807, 2.05) is 6.92 Å². The molecule has 2 N–H and O–H groups in total. The largest absolute Gasteiger partial charge is 0.325 e. The van der Waals surface area contributed by atoms with E-state index in [4.69, 9.17) is 11.6 Å². The maximum absolute atomic E-state index is 13.5. The molecule has 0 aliphatic heterocycles. The van der Waals surface area contributed by atoms with Crippen molar-refractivity contribution in [1.29, 1.82) is 0 Å². The van der Waals surface area contributed by atoms with Gasteiger partial charge >= 0.3 is 0 Å². The first-order valence-corrected chi connectivity index (χ1v) is 14.5. The monoisotopic (exact) mass is 570 g/mol. The molecule has 1 amide bonds. The Balaban J connectivity index is 1.54. The first-order valence-electron chi connectivity index (χ1n) is 11.2. The lowest BCUT2D eigenvalue weighted by atomic mass is 10.2. The van der Waals surface area contributed by atoms with Crippen LogP contribution >= 0.6 is 11.6 Å². The van der Waals surface area contributed by atoms with Crippen LogP contribution in [-0.4, -0.2) is 34.3 Å². The summed E-state index contributed by atoms with van der Waals surface area (Å²) in [4.78, 5) is 16.9. The maximum atomic E-state index is 13.5. The molecular formula is C26H23ClN4O5S2. The number of para-hydroxylation sites is 1. The highest BCUT2D eigenvalue weighted by molar-refractivity contribution is 7.93. The molecule has 0 radical (unpaired) electrons. The molecule has 1 aromatic heterocycles. The van der Waals surface area contributed by atoms with Crippen molar-refractivity contribution in [3.05, 3.63) is 108 Å². The molecule has 9 nitrogen and oxygen atoms in total. The van der Waals surface area contributed by atoms with E-state index in [0.717, 1.165) is 9.87 Å². The number of hydrogen-bond donors (Lipinski definition) is 2. The molecule has 0 aliphatic rings. The zero-order valence-electron chi connectivity index (χ0n) is 20.1. The number of hydrogen-bond acceptors (Lipinski definition) is 6. The second kappa shape index (κ2) is 11.2. The highest BCUT2D eigenvalue weighted by atomic mass is 35.5. The van der Waals surface area contributed by atoms with Gasteiger partial charge in [-0.25, -0.2) is 21.8 Å². The Morgan fingerprint density at radius 3 is 2.11 bits per heavy atom. The molecule has 196 valence electrons. The molecule has 0 unspecified atom stereocenters. The zero-order valence-corrected chi connectivity index (χ0v) is 22.5. The van der Waals surface area contributed by atoms with Gasteiger partial charge in [0, 0.05) is 11.9 Å². The summed E-state index contributed by atoms with van der Waals surface area (Å²) in [6.07, 6.45) is 1.46. The van der Waals surface area contributed by atoms with Crippen molar-refractivity contribution in [3.8, 4) is 0 Å². The Bertz CT molecular complexity index is 1650. The minimum Gasteiger partial charge on any atom is -0.325 e. The SMILES string of the molecule is Cc1ccc(S(=O)(=O)N(CC(=O)Nc2ccc(S(=O)(=O)Nc3ccccn3)cc2)c2ccccc2Cl)cc1. The number of nitrogens with one attached hydrogen (secondary N) is 2. The molecule has 4 aromatic rings. The van der Waals surface area contributed by atoms with Crippen molar-refractivity contribution in [2.45, 2.75) is 16.7 Å².